The first-order chi connectivity index (χ1) is 8.75. The van der Waals surface area contributed by atoms with Crippen LogP contribution < -0.4 is 15.3 Å². The molecule has 108 valence electrons. The van der Waals surface area contributed by atoms with Gasteiger partial charge in [0.2, 0.25) is 5.91 Å². The Morgan fingerprint density at radius 3 is 2.21 bits per heavy atom. The van der Waals surface area contributed by atoms with Gasteiger partial charge in [0.1, 0.15) is 0 Å². The quantitative estimate of drug-likeness (QED) is 0.552. The number of nitrogens with zero attached hydrogens (tertiary/aromatic N) is 1. The zero-order chi connectivity index (χ0) is 14.6. The van der Waals surface area contributed by atoms with E-state index in [4.69, 9.17) is 0 Å². The zero-order valence-electron chi connectivity index (χ0n) is 11.6. The molecule has 0 aromatic heterocycles. The normalized spacial score (nSPS) is 17.1. The standard InChI is InChI=1S/C12H21N3O4/c1-9(16)14-4-6-15(7-5-14)12(2,3)11(19)13-8-10(17)18/h4-8H2,1-3H3,(H,13,19)(H,17,18). The largest absolute Gasteiger partial charge is 0.548 e. The number of hydrogen-bond donors (Lipinski definition) is 2. The molecule has 1 heterocycles. The fourth-order valence-electron chi connectivity index (χ4n) is 2.25. The van der Waals surface area contributed by atoms with Crippen molar-refractivity contribution in [3.63, 3.8) is 0 Å². The summed E-state index contributed by atoms with van der Waals surface area (Å²) in [6.45, 7) is 7.17. The third kappa shape index (κ3) is 3.92. The van der Waals surface area contributed by atoms with Gasteiger partial charge in [0, 0.05) is 6.92 Å². The van der Waals surface area contributed by atoms with Crippen molar-refractivity contribution in [2.45, 2.75) is 26.3 Å². The number of carbonyl (C=O) groups excluding carboxylic acids is 3. The number of aliphatic carboxylic acids is 1. The number of carbonyl (C=O) groups is 3. The first kappa shape index (κ1) is 15.4. The lowest BCUT2D eigenvalue weighted by atomic mass is 10.00. The molecule has 1 saturated heterocycles. The minimum Gasteiger partial charge on any atom is -0.548 e. The smallest absolute Gasteiger partial charge is 0.281 e. The van der Waals surface area contributed by atoms with Crippen molar-refractivity contribution in [1.82, 2.24) is 10.2 Å². The third-order valence-corrected chi connectivity index (χ3v) is 3.66. The molecule has 0 aromatic rings. The molecule has 2 amide bonds. The molecule has 1 aliphatic heterocycles. The van der Waals surface area contributed by atoms with Crippen LogP contribution in [0.2, 0.25) is 0 Å². The van der Waals surface area contributed by atoms with Crippen LogP contribution in [0.5, 0.6) is 0 Å². The molecule has 0 atom stereocenters. The van der Waals surface area contributed by atoms with Gasteiger partial charge >= 0.3 is 0 Å². The summed E-state index contributed by atoms with van der Waals surface area (Å²) in [6, 6.07) is 0. The van der Waals surface area contributed by atoms with Crippen molar-refractivity contribution in [2.24, 2.45) is 0 Å². The van der Waals surface area contributed by atoms with E-state index in [0.29, 0.717) is 26.2 Å². The van der Waals surface area contributed by atoms with E-state index in [-0.39, 0.29) is 11.8 Å². The van der Waals surface area contributed by atoms with Gasteiger partial charge in [-0.1, -0.05) is 0 Å². The molecular weight excluding hydrogens is 250 g/mol. The average molecular weight is 271 g/mol. The van der Waals surface area contributed by atoms with Crippen molar-refractivity contribution in [3.05, 3.63) is 0 Å². The molecular formula is C12H21N3O4. The highest BCUT2D eigenvalue weighted by Gasteiger charge is 2.40. The summed E-state index contributed by atoms with van der Waals surface area (Å²) in [5.74, 6) is -1.58. The Morgan fingerprint density at radius 1 is 1.26 bits per heavy atom. The summed E-state index contributed by atoms with van der Waals surface area (Å²) < 4.78 is 0. The van der Waals surface area contributed by atoms with Crippen LogP contribution in [-0.2, 0) is 14.4 Å². The van der Waals surface area contributed by atoms with Crippen LogP contribution in [0.4, 0.5) is 0 Å². The van der Waals surface area contributed by atoms with Crippen molar-refractivity contribution in [3.8, 4) is 0 Å². The molecule has 19 heavy (non-hydrogen) atoms. The second-order valence-corrected chi connectivity index (χ2v) is 5.29. The molecule has 0 saturated carbocycles. The van der Waals surface area contributed by atoms with Crippen molar-refractivity contribution in [1.29, 1.82) is 0 Å². The number of carboxylic acids is 1. The molecule has 0 spiro atoms. The van der Waals surface area contributed by atoms with Gasteiger partial charge in [-0.3, -0.25) is 9.59 Å². The highest BCUT2D eigenvalue weighted by Crippen LogP contribution is 1.99. The Morgan fingerprint density at radius 2 is 1.79 bits per heavy atom. The monoisotopic (exact) mass is 271 g/mol. The van der Waals surface area contributed by atoms with Gasteiger partial charge in [-0.15, -0.1) is 0 Å². The van der Waals surface area contributed by atoms with Crippen molar-refractivity contribution in [2.75, 3.05) is 32.7 Å². The van der Waals surface area contributed by atoms with E-state index in [0.717, 1.165) is 4.90 Å². The molecule has 2 N–H and O–H groups in total. The van der Waals surface area contributed by atoms with Gasteiger partial charge in [-0.25, -0.2) is 0 Å². The number of nitrogens with one attached hydrogen (secondary N) is 2. The van der Waals surface area contributed by atoms with Crippen LogP contribution in [0.3, 0.4) is 0 Å². The average Bonchev–Trinajstić information content (AvgIpc) is 2.35. The summed E-state index contributed by atoms with van der Waals surface area (Å²) in [5.41, 5.74) is -0.724. The zero-order valence-corrected chi connectivity index (χ0v) is 11.6. The molecule has 1 rings (SSSR count). The van der Waals surface area contributed by atoms with Crippen LogP contribution in [0.1, 0.15) is 20.8 Å². The second-order valence-electron chi connectivity index (χ2n) is 5.29. The predicted octanol–water partition coefficient (Wildman–Crippen LogP) is -3.62. The van der Waals surface area contributed by atoms with E-state index < -0.39 is 18.1 Å². The van der Waals surface area contributed by atoms with E-state index in [1.165, 1.54) is 6.92 Å². The van der Waals surface area contributed by atoms with Gasteiger partial charge < -0.3 is 25.0 Å². The lowest BCUT2D eigenvalue weighted by Gasteiger charge is -2.39. The fraction of sp³-hybridized carbons (Fsp3) is 0.750. The van der Waals surface area contributed by atoms with Gasteiger partial charge in [0.05, 0.1) is 38.7 Å². The molecule has 0 unspecified atom stereocenters. The van der Waals surface area contributed by atoms with E-state index in [1.54, 1.807) is 18.7 Å². The molecule has 0 aromatic carbocycles. The lowest BCUT2D eigenvalue weighted by molar-refractivity contribution is -0.941. The Kier molecular flexibility index (Phi) is 4.88. The summed E-state index contributed by atoms with van der Waals surface area (Å²) in [6.07, 6.45) is 0. The molecule has 7 nitrogen and oxygen atoms in total. The number of amides is 2. The Bertz CT molecular complexity index is 373. The maximum Gasteiger partial charge on any atom is 0.281 e. The van der Waals surface area contributed by atoms with E-state index in [1.807, 2.05) is 0 Å². The lowest BCUT2D eigenvalue weighted by Crippen LogP contribution is -3.23. The van der Waals surface area contributed by atoms with Gasteiger partial charge in [0.15, 0.2) is 5.54 Å². The van der Waals surface area contributed by atoms with E-state index >= 15 is 0 Å². The maximum atomic E-state index is 12.0. The molecule has 7 heteroatoms. The van der Waals surface area contributed by atoms with Gasteiger partial charge in [-0.05, 0) is 13.8 Å². The summed E-state index contributed by atoms with van der Waals surface area (Å²) in [7, 11) is 0. The van der Waals surface area contributed by atoms with E-state index in [9.17, 15) is 19.5 Å². The fourth-order valence-corrected chi connectivity index (χ4v) is 2.25. The highest BCUT2D eigenvalue weighted by atomic mass is 16.4. The first-order valence-electron chi connectivity index (χ1n) is 6.34. The minimum atomic E-state index is -1.31. The Hall–Kier alpha value is -1.63. The van der Waals surface area contributed by atoms with Gasteiger partial charge in [0.25, 0.3) is 5.91 Å². The summed E-state index contributed by atoms with van der Waals surface area (Å²) >= 11 is 0. The van der Waals surface area contributed by atoms with Crippen LogP contribution >= 0.6 is 0 Å². The van der Waals surface area contributed by atoms with E-state index in [2.05, 4.69) is 5.32 Å². The molecule has 0 bridgehead atoms. The number of rotatable bonds is 4. The van der Waals surface area contributed by atoms with Crippen LogP contribution in [0, 0.1) is 0 Å². The van der Waals surface area contributed by atoms with Crippen LogP contribution in [0.25, 0.3) is 0 Å². The second kappa shape index (κ2) is 6.01. The highest BCUT2D eigenvalue weighted by molar-refractivity contribution is 5.86. The third-order valence-electron chi connectivity index (χ3n) is 3.66. The number of quaternary nitrogens is 1. The topological polar surface area (TPSA) is 94.0 Å². The SMILES string of the molecule is CC(=O)N1CC[NH+](C(C)(C)C(=O)NCC(=O)[O-])CC1. The van der Waals surface area contributed by atoms with Gasteiger partial charge in [-0.2, -0.15) is 0 Å². The minimum absolute atomic E-state index is 0.0401. The maximum absolute atomic E-state index is 12.0. The van der Waals surface area contributed by atoms with Crippen molar-refractivity contribution < 1.29 is 24.4 Å². The molecule has 1 fully saturated rings. The molecule has 1 aliphatic rings. The molecule has 0 aliphatic carbocycles. The Balaban J connectivity index is 2.56. The summed E-state index contributed by atoms with van der Waals surface area (Å²) in [5, 5.41) is 12.7. The first-order valence-corrected chi connectivity index (χ1v) is 6.34. The summed E-state index contributed by atoms with van der Waals surface area (Å²) in [4.78, 5) is 36.4. The van der Waals surface area contributed by atoms with Crippen LogP contribution in [-0.4, -0.2) is 60.9 Å². The number of hydrogen-bond acceptors (Lipinski definition) is 4. The number of piperazine rings is 1. The van der Waals surface area contributed by atoms with Crippen LogP contribution in [0.15, 0.2) is 0 Å². The van der Waals surface area contributed by atoms with Crippen molar-refractivity contribution >= 4 is 17.8 Å². The number of carboxylic acid groups (broad SMARTS) is 1. The Labute approximate surface area is 112 Å². The predicted molar refractivity (Wildman–Crippen MR) is 65.0 cm³/mol. The molecule has 0 radical (unpaired) electrons.